The molecule has 0 radical (unpaired) electrons. The lowest BCUT2D eigenvalue weighted by Gasteiger charge is -2.12. The predicted octanol–water partition coefficient (Wildman–Crippen LogP) is 9.29. The minimum Gasteiger partial charge on any atom is -0.397 e. The van der Waals surface area contributed by atoms with Gasteiger partial charge in [0.25, 0.3) is 0 Å². The molecule has 2 fully saturated rings. The molecule has 15 heteroatoms. The van der Waals surface area contributed by atoms with Crippen molar-refractivity contribution < 1.29 is 9.05 Å². The fourth-order valence-electron chi connectivity index (χ4n) is 7.28. The van der Waals surface area contributed by atoms with Gasteiger partial charge in [0.15, 0.2) is 0 Å². The molecule has 14 nitrogen and oxygen atoms in total. The van der Waals surface area contributed by atoms with Gasteiger partial charge in [0.2, 0.25) is 5.95 Å². The molecule has 0 spiro atoms. The Hall–Kier alpha value is -6.05. The van der Waals surface area contributed by atoms with Crippen molar-refractivity contribution in [3.05, 3.63) is 69.9 Å². The Morgan fingerprint density at radius 3 is 1.77 bits per heavy atom. The number of thiocarbonyl (C=S) groups is 1. The Labute approximate surface area is 336 Å². The fourth-order valence-corrected chi connectivity index (χ4v) is 7.35. The Bertz CT molecular complexity index is 2530. The molecule has 0 bridgehead atoms. The maximum absolute atomic E-state index is 6.20. The van der Waals surface area contributed by atoms with Crippen LogP contribution in [0.25, 0.3) is 55.5 Å². The molecule has 0 saturated heterocycles. The summed E-state index contributed by atoms with van der Waals surface area (Å²) in [6.45, 7) is 17.6. The van der Waals surface area contributed by atoms with E-state index < -0.39 is 0 Å². The SMILES string of the molecule is Cc1n[nH]c(C)c1-c1cc(-c2c(C)noc2C)cc(N)c1N.Cc1n[nH]c(C)c1-c1cc(-c2c(C)noc2C)cc2[nH]c(NCC3CC3)nc12.S=C=NCC1CC1. The summed E-state index contributed by atoms with van der Waals surface area (Å²) in [6, 6.07) is 8.18. The zero-order valence-electron chi connectivity index (χ0n) is 33.8. The first-order chi connectivity index (χ1) is 27.3. The number of aryl methyl sites for hydroxylation is 8. The summed E-state index contributed by atoms with van der Waals surface area (Å²) in [5, 5.41) is 28.6. The number of aliphatic imine (C=N–C) groups is 1. The van der Waals surface area contributed by atoms with E-state index in [2.05, 4.69) is 75.5 Å². The first-order valence-electron chi connectivity index (χ1n) is 19.2. The first-order valence-corrected chi connectivity index (χ1v) is 19.7. The number of hydrogen-bond donors (Lipinski definition) is 6. The Morgan fingerprint density at radius 2 is 1.28 bits per heavy atom. The number of anilines is 3. The number of rotatable bonds is 9. The Kier molecular flexibility index (Phi) is 11.1. The van der Waals surface area contributed by atoms with Crippen LogP contribution in [0.3, 0.4) is 0 Å². The van der Waals surface area contributed by atoms with Crippen molar-refractivity contribution in [1.82, 2.24) is 40.7 Å². The van der Waals surface area contributed by atoms with Crippen LogP contribution in [0.1, 0.15) is 71.4 Å². The number of aromatic nitrogens is 8. The van der Waals surface area contributed by atoms with Crippen LogP contribution in [0.15, 0.2) is 38.3 Å². The van der Waals surface area contributed by atoms with Crippen LogP contribution in [-0.2, 0) is 0 Å². The van der Waals surface area contributed by atoms with E-state index in [-0.39, 0.29) is 0 Å². The lowest BCUT2D eigenvalue weighted by Crippen LogP contribution is -2.04. The number of nitrogens with one attached hydrogen (secondary N) is 4. The summed E-state index contributed by atoms with van der Waals surface area (Å²) in [5.74, 6) is 4.03. The quantitative estimate of drug-likeness (QED) is 0.0461. The molecule has 2 saturated carbocycles. The second kappa shape index (κ2) is 16.2. The molecule has 5 aromatic heterocycles. The third-order valence-corrected chi connectivity index (χ3v) is 10.7. The van der Waals surface area contributed by atoms with Gasteiger partial charge in [-0.05, 0) is 141 Å². The number of fused-ring (bicyclic) bond motifs is 1. The van der Waals surface area contributed by atoms with E-state index in [9.17, 15) is 0 Å². The predicted molar refractivity (Wildman–Crippen MR) is 229 cm³/mol. The van der Waals surface area contributed by atoms with Crippen molar-refractivity contribution in [3.8, 4) is 44.5 Å². The van der Waals surface area contributed by atoms with Gasteiger partial charge in [-0.1, -0.05) is 10.3 Å². The van der Waals surface area contributed by atoms with Crippen LogP contribution >= 0.6 is 12.2 Å². The number of hydrogen-bond acceptors (Lipinski definition) is 12. The molecule has 0 unspecified atom stereocenters. The van der Waals surface area contributed by atoms with Crippen molar-refractivity contribution in [2.75, 3.05) is 29.9 Å². The molecule has 0 atom stereocenters. The number of isothiocyanates is 1. The van der Waals surface area contributed by atoms with Gasteiger partial charge in [-0.15, -0.1) is 0 Å². The lowest BCUT2D eigenvalue weighted by molar-refractivity contribution is 0.393. The van der Waals surface area contributed by atoms with Gasteiger partial charge < -0.3 is 30.8 Å². The van der Waals surface area contributed by atoms with Crippen molar-refractivity contribution in [1.29, 1.82) is 0 Å². The van der Waals surface area contributed by atoms with Crippen LogP contribution in [0.4, 0.5) is 17.3 Å². The van der Waals surface area contributed by atoms with E-state index in [4.69, 9.17) is 25.5 Å². The lowest BCUT2D eigenvalue weighted by atomic mass is 9.94. The average molecular weight is 787 g/mol. The minimum absolute atomic E-state index is 0.535. The Morgan fingerprint density at radius 1 is 0.737 bits per heavy atom. The summed E-state index contributed by atoms with van der Waals surface area (Å²) in [7, 11) is 0. The van der Waals surface area contributed by atoms with Crippen LogP contribution in [0.2, 0.25) is 0 Å². The molecule has 5 heterocycles. The molecule has 2 aliphatic rings. The molecule has 296 valence electrons. The molecule has 7 aromatic rings. The zero-order valence-corrected chi connectivity index (χ0v) is 34.6. The molecule has 2 aromatic carbocycles. The van der Waals surface area contributed by atoms with Crippen LogP contribution < -0.4 is 16.8 Å². The van der Waals surface area contributed by atoms with E-state index in [0.717, 1.165) is 132 Å². The average Bonchev–Trinajstić information content (AvgIpc) is 4.02. The highest BCUT2D eigenvalue weighted by molar-refractivity contribution is 7.78. The highest BCUT2D eigenvalue weighted by Crippen LogP contribution is 2.40. The molecular formula is C42H50N12O2S. The summed E-state index contributed by atoms with van der Waals surface area (Å²) in [4.78, 5) is 12.1. The molecule has 0 aliphatic heterocycles. The summed E-state index contributed by atoms with van der Waals surface area (Å²) < 4.78 is 10.7. The Balaban J connectivity index is 0.000000152. The first kappa shape index (κ1) is 39.2. The minimum atomic E-state index is 0.535. The van der Waals surface area contributed by atoms with Gasteiger partial charge in [0.05, 0.1) is 56.9 Å². The smallest absolute Gasteiger partial charge is 0.201 e. The second-order valence-corrected chi connectivity index (χ2v) is 15.4. The van der Waals surface area contributed by atoms with Gasteiger partial charge in [0, 0.05) is 51.3 Å². The zero-order chi connectivity index (χ0) is 40.5. The number of nitrogen functional groups attached to an aromatic ring is 2. The van der Waals surface area contributed by atoms with Gasteiger partial charge in [0.1, 0.15) is 11.5 Å². The summed E-state index contributed by atoms with van der Waals surface area (Å²) in [6.07, 6.45) is 5.31. The van der Waals surface area contributed by atoms with E-state index in [0.29, 0.717) is 11.4 Å². The molecule has 0 amide bonds. The van der Waals surface area contributed by atoms with Crippen LogP contribution in [0, 0.1) is 67.2 Å². The topological polar surface area (TPSA) is 215 Å². The fraction of sp³-hybridized carbons (Fsp3) is 0.381. The van der Waals surface area contributed by atoms with E-state index >= 15 is 0 Å². The highest BCUT2D eigenvalue weighted by atomic mass is 32.1. The molecular weight excluding hydrogens is 737 g/mol. The van der Waals surface area contributed by atoms with Crippen molar-refractivity contribution in [3.63, 3.8) is 0 Å². The second-order valence-electron chi connectivity index (χ2n) is 15.2. The number of H-pyrrole nitrogens is 3. The van der Waals surface area contributed by atoms with Crippen molar-refractivity contribution in [2.24, 2.45) is 16.8 Å². The number of benzene rings is 2. The number of nitrogens with zero attached hydrogens (tertiary/aromatic N) is 6. The van der Waals surface area contributed by atoms with E-state index in [1.54, 1.807) is 0 Å². The highest BCUT2D eigenvalue weighted by Gasteiger charge is 2.24. The van der Waals surface area contributed by atoms with Gasteiger partial charge in [-0.2, -0.15) is 10.2 Å². The maximum Gasteiger partial charge on any atom is 0.201 e. The third kappa shape index (κ3) is 8.40. The maximum atomic E-state index is 6.20. The van der Waals surface area contributed by atoms with Gasteiger partial charge in [-0.25, -0.2) is 9.98 Å². The monoisotopic (exact) mass is 786 g/mol. The van der Waals surface area contributed by atoms with Gasteiger partial charge >= 0.3 is 0 Å². The number of imidazole rings is 1. The number of nitrogens with two attached hydrogens (primary N) is 2. The number of aromatic amines is 3. The van der Waals surface area contributed by atoms with E-state index in [1.165, 1.54) is 25.7 Å². The van der Waals surface area contributed by atoms with Gasteiger partial charge in [-0.3, -0.25) is 10.2 Å². The standard InChI is InChI=1S/C21H24N6O.C16H19N5O.C5H7NS/c1-10-18(11(2)26-25-10)16-7-15(19-12(3)27-28-13(19)4)8-17-20(16)24-21(23-17)22-9-14-5-6-14;1-7-14(8(2)20-19-7)12-5-11(6-13(17)16(12)18)15-9(3)21-22-10(15)4;7-4-6-3-5-1-2-5/h7-8,14H,5-6,9H2,1-4H3,(H,25,26)(H2,22,23,24);5-6H,17-18H2,1-4H3,(H,19,20);5H,1-3H2. The van der Waals surface area contributed by atoms with E-state index in [1.807, 2.05) is 67.5 Å². The van der Waals surface area contributed by atoms with Crippen LogP contribution in [0.5, 0.6) is 0 Å². The van der Waals surface area contributed by atoms with Crippen molar-refractivity contribution in [2.45, 2.75) is 81.1 Å². The normalized spacial score (nSPS) is 13.5. The van der Waals surface area contributed by atoms with Crippen molar-refractivity contribution >= 4 is 45.7 Å². The summed E-state index contributed by atoms with van der Waals surface area (Å²) in [5.41, 5.74) is 28.9. The third-order valence-electron chi connectivity index (χ3n) is 10.6. The van der Waals surface area contributed by atoms with Crippen LogP contribution in [-0.4, -0.2) is 58.9 Å². The molecule has 9 rings (SSSR count). The molecule has 57 heavy (non-hydrogen) atoms. The summed E-state index contributed by atoms with van der Waals surface area (Å²) >= 11 is 4.38. The molecule has 2 aliphatic carbocycles. The largest absolute Gasteiger partial charge is 0.397 e. The molecule has 8 N–H and O–H groups in total.